The summed E-state index contributed by atoms with van der Waals surface area (Å²) in [4.78, 5) is 3.70. The molecule has 1 aromatic carbocycles. The van der Waals surface area contributed by atoms with Crippen LogP contribution in [0.3, 0.4) is 0 Å². The molecule has 0 aromatic heterocycles. The lowest BCUT2D eigenvalue weighted by Crippen LogP contribution is -2.41. The van der Waals surface area contributed by atoms with Gasteiger partial charge in [0.1, 0.15) is 6.67 Å². The Kier molecular flexibility index (Phi) is 5.56. The molecule has 21 heavy (non-hydrogen) atoms. The van der Waals surface area contributed by atoms with Gasteiger partial charge in [-0.3, -0.25) is 0 Å². The highest BCUT2D eigenvalue weighted by atomic mass is 19.1. The van der Waals surface area contributed by atoms with Crippen LogP contribution in [0.5, 0.6) is 0 Å². The SMILES string of the molecule is CCc1cccc2c1CCCC2N/C(=N\C#N)NCCF. The standard InChI is InChI=1S/C16H21FN4/c1-2-12-5-3-7-14-13(12)6-4-8-15(14)21-16(20-11-18)19-10-9-17/h3,5,7,15H,2,4,6,8-10H2,1H3,(H2,19,20,21). The van der Waals surface area contributed by atoms with Gasteiger partial charge in [0.2, 0.25) is 12.2 Å². The van der Waals surface area contributed by atoms with Gasteiger partial charge in [-0.2, -0.15) is 5.26 Å². The van der Waals surface area contributed by atoms with Crippen molar-refractivity contribution in [2.45, 2.75) is 38.6 Å². The van der Waals surface area contributed by atoms with Crippen molar-refractivity contribution < 1.29 is 4.39 Å². The number of nitriles is 1. The molecule has 0 bridgehead atoms. The van der Waals surface area contributed by atoms with Crippen molar-refractivity contribution in [3.8, 4) is 6.19 Å². The van der Waals surface area contributed by atoms with Gasteiger partial charge in [0.15, 0.2) is 0 Å². The minimum absolute atomic E-state index is 0.125. The van der Waals surface area contributed by atoms with Gasteiger partial charge in [-0.15, -0.1) is 4.99 Å². The Hall–Kier alpha value is -2.09. The molecule has 0 fully saturated rings. The van der Waals surface area contributed by atoms with Crippen LogP contribution in [-0.2, 0) is 12.8 Å². The van der Waals surface area contributed by atoms with E-state index in [-0.39, 0.29) is 12.6 Å². The van der Waals surface area contributed by atoms with Gasteiger partial charge in [0.05, 0.1) is 6.04 Å². The van der Waals surface area contributed by atoms with Gasteiger partial charge in [-0.25, -0.2) is 4.39 Å². The second kappa shape index (κ2) is 7.63. The minimum Gasteiger partial charge on any atom is -0.353 e. The lowest BCUT2D eigenvalue weighted by atomic mass is 9.84. The highest BCUT2D eigenvalue weighted by Crippen LogP contribution is 2.31. The van der Waals surface area contributed by atoms with Crippen LogP contribution in [0.4, 0.5) is 4.39 Å². The number of hydrogen-bond acceptors (Lipinski definition) is 2. The topological polar surface area (TPSA) is 60.2 Å². The number of alkyl halides is 1. The Morgan fingerprint density at radius 1 is 1.52 bits per heavy atom. The summed E-state index contributed by atoms with van der Waals surface area (Å²) >= 11 is 0. The van der Waals surface area contributed by atoms with Crippen molar-refractivity contribution >= 4 is 5.96 Å². The number of halogens is 1. The van der Waals surface area contributed by atoms with E-state index in [1.807, 2.05) is 0 Å². The third-order valence-corrected chi connectivity index (χ3v) is 3.84. The molecule has 2 rings (SSSR count). The molecule has 1 aromatic rings. The fourth-order valence-electron chi connectivity index (χ4n) is 2.91. The summed E-state index contributed by atoms with van der Waals surface area (Å²) in [5.74, 6) is 0.356. The second-order valence-corrected chi connectivity index (χ2v) is 5.10. The molecule has 0 saturated carbocycles. The molecular formula is C16H21FN4. The van der Waals surface area contributed by atoms with Crippen LogP contribution in [0.25, 0.3) is 0 Å². The molecule has 2 N–H and O–H groups in total. The number of benzene rings is 1. The van der Waals surface area contributed by atoms with Gasteiger partial charge >= 0.3 is 0 Å². The molecule has 112 valence electrons. The fraction of sp³-hybridized carbons (Fsp3) is 0.500. The lowest BCUT2D eigenvalue weighted by molar-refractivity contribution is 0.481. The summed E-state index contributed by atoms with van der Waals surface area (Å²) in [5, 5.41) is 14.8. The largest absolute Gasteiger partial charge is 0.353 e. The molecule has 0 heterocycles. The molecule has 0 amide bonds. The number of aryl methyl sites for hydroxylation is 1. The predicted molar refractivity (Wildman–Crippen MR) is 81.7 cm³/mol. The zero-order valence-corrected chi connectivity index (χ0v) is 12.3. The molecule has 0 saturated heterocycles. The van der Waals surface area contributed by atoms with E-state index in [1.54, 1.807) is 6.19 Å². The third kappa shape index (κ3) is 3.72. The first-order valence-electron chi connectivity index (χ1n) is 7.44. The van der Waals surface area contributed by atoms with Crippen molar-refractivity contribution in [1.29, 1.82) is 5.26 Å². The average Bonchev–Trinajstić information content (AvgIpc) is 2.52. The maximum absolute atomic E-state index is 12.3. The van der Waals surface area contributed by atoms with E-state index in [4.69, 9.17) is 5.26 Å². The highest BCUT2D eigenvalue weighted by Gasteiger charge is 2.22. The van der Waals surface area contributed by atoms with E-state index in [2.05, 4.69) is 40.7 Å². The Balaban J connectivity index is 2.19. The zero-order chi connectivity index (χ0) is 15.1. The molecule has 0 aliphatic heterocycles. The molecule has 0 spiro atoms. The van der Waals surface area contributed by atoms with E-state index in [0.717, 1.165) is 25.7 Å². The van der Waals surface area contributed by atoms with E-state index in [9.17, 15) is 4.39 Å². The Morgan fingerprint density at radius 3 is 3.10 bits per heavy atom. The van der Waals surface area contributed by atoms with Crippen molar-refractivity contribution in [3.63, 3.8) is 0 Å². The van der Waals surface area contributed by atoms with Gasteiger partial charge in [0, 0.05) is 6.54 Å². The monoisotopic (exact) mass is 288 g/mol. The summed E-state index contributed by atoms with van der Waals surface area (Å²) in [6.07, 6.45) is 5.96. The number of rotatable bonds is 4. The van der Waals surface area contributed by atoms with Crippen LogP contribution in [-0.4, -0.2) is 19.2 Å². The van der Waals surface area contributed by atoms with Crippen LogP contribution in [0.2, 0.25) is 0 Å². The van der Waals surface area contributed by atoms with Crippen LogP contribution in [0.1, 0.15) is 42.5 Å². The van der Waals surface area contributed by atoms with Gasteiger partial charge in [0.25, 0.3) is 0 Å². The molecular weight excluding hydrogens is 267 g/mol. The number of aliphatic imine (C=N–C) groups is 1. The summed E-state index contributed by atoms with van der Waals surface area (Å²) in [6.45, 7) is 1.83. The van der Waals surface area contributed by atoms with Crippen LogP contribution in [0.15, 0.2) is 23.2 Å². The maximum atomic E-state index is 12.3. The Labute approximate surface area is 125 Å². The van der Waals surface area contributed by atoms with E-state index >= 15 is 0 Å². The van der Waals surface area contributed by atoms with Crippen molar-refractivity contribution in [3.05, 3.63) is 34.9 Å². The summed E-state index contributed by atoms with van der Waals surface area (Å²) < 4.78 is 12.3. The number of nitrogens with one attached hydrogen (secondary N) is 2. The van der Waals surface area contributed by atoms with Gasteiger partial charge in [-0.05, 0) is 42.4 Å². The normalized spacial score (nSPS) is 17.8. The smallest absolute Gasteiger partial charge is 0.209 e. The Bertz CT molecular complexity index is 548. The van der Waals surface area contributed by atoms with E-state index in [1.165, 1.54) is 16.7 Å². The van der Waals surface area contributed by atoms with Gasteiger partial charge in [-0.1, -0.05) is 25.1 Å². The minimum atomic E-state index is -0.493. The Morgan fingerprint density at radius 2 is 2.38 bits per heavy atom. The number of nitrogens with zero attached hydrogens (tertiary/aromatic N) is 2. The van der Waals surface area contributed by atoms with Crippen molar-refractivity contribution in [1.82, 2.24) is 10.6 Å². The number of guanidine groups is 1. The second-order valence-electron chi connectivity index (χ2n) is 5.10. The first-order valence-corrected chi connectivity index (χ1v) is 7.44. The van der Waals surface area contributed by atoms with E-state index < -0.39 is 6.67 Å². The molecule has 1 atom stereocenters. The molecule has 1 aliphatic rings. The number of hydrogen-bond donors (Lipinski definition) is 2. The molecule has 1 unspecified atom stereocenters. The summed E-state index contributed by atoms with van der Waals surface area (Å²) in [7, 11) is 0. The van der Waals surface area contributed by atoms with Crippen LogP contribution >= 0.6 is 0 Å². The molecule has 5 heteroatoms. The molecule has 0 radical (unpaired) electrons. The predicted octanol–water partition coefficient (Wildman–Crippen LogP) is 2.61. The van der Waals surface area contributed by atoms with Crippen LogP contribution < -0.4 is 10.6 Å². The fourth-order valence-corrected chi connectivity index (χ4v) is 2.91. The average molecular weight is 288 g/mol. The summed E-state index contributed by atoms with van der Waals surface area (Å²) in [6, 6.07) is 6.50. The third-order valence-electron chi connectivity index (χ3n) is 3.84. The molecule has 1 aliphatic carbocycles. The van der Waals surface area contributed by atoms with E-state index in [0.29, 0.717) is 5.96 Å². The van der Waals surface area contributed by atoms with Crippen LogP contribution in [0, 0.1) is 11.5 Å². The number of fused-ring (bicyclic) bond motifs is 1. The highest BCUT2D eigenvalue weighted by molar-refractivity contribution is 5.81. The first kappa shape index (κ1) is 15.3. The molecule has 4 nitrogen and oxygen atoms in total. The maximum Gasteiger partial charge on any atom is 0.209 e. The summed E-state index contributed by atoms with van der Waals surface area (Å²) in [5.41, 5.74) is 4.06. The van der Waals surface area contributed by atoms with Crippen molar-refractivity contribution in [2.75, 3.05) is 13.2 Å². The van der Waals surface area contributed by atoms with Gasteiger partial charge < -0.3 is 10.6 Å². The zero-order valence-electron chi connectivity index (χ0n) is 12.3. The lowest BCUT2D eigenvalue weighted by Gasteiger charge is -2.29. The quantitative estimate of drug-likeness (QED) is 0.508. The first-order chi connectivity index (χ1) is 10.3. The van der Waals surface area contributed by atoms with Crippen molar-refractivity contribution in [2.24, 2.45) is 4.99 Å².